The van der Waals surface area contributed by atoms with Gasteiger partial charge in [-0.25, -0.2) is 0 Å². The van der Waals surface area contributed by atoms with Crippen LogP contribution in [0.3, 0.4) is 0 Å². The second-order valence-corrected chi connectivity index (χ2v) is 6.33. The molecule has 5 heteroatoms. The summed E-state index contributed by atoms with van der Waals surface area (Å²) in [4.78, 5) is 1.17. The topological polar surface area (TPSA) is 44.5 Å². The van der Waals surface area contributed by atoms with Crippen LogP contribution in [-0.2, 0) is 9.47 Å². The van der Waals surface area contributed by atoms with Gasteiger partial charge < -0.3 is 15.2 Å². The molecule has 2 rings (SSSR count). The Bertz CT molecular complexity index is 326. The molecule has 16 heavy (non-hydrogen) atoms. The molecule has 3 nitrogen and oxygen atoms in total. The zero-order chi connectivity index (χ0) is 11.4. The highest BCUT2D eigenvalue weighted by molar-refractivity contribution is 9.11. The van der Waals surface area contributed by atoms with Gasteiger partial charge in [-0.3, -0.25) is 0 Å². The van der Waals surface area contributed by atoms with Crippen molar-refractivity contribution in [2.75, 3.05) is 19.8 Å². The Morgan fingerprint density at radius 1 is 1.62 bits per heavy atom. The van der Waals surface area contributed by atoms with Crippen LogP contribution in [-0.4, -0.2) is 25.9 Å². The zero-order valence-corrected chi connectivity index (χ0v) is 11.4. The van der Waals surface area contributed by atoms with Crippen LogP contribution >= 0.6 is 27.3 Å². The van der Waals surface area contributed by atoms with Gasteiger partial charge in [0.1, 0.15) is 6.10 Å². The molecule has 0 radical (unpaired) electrons. The Morgan fingerprint density at radius 3 is 3.06 bits per heavy atom. The van der Waals surface area contributed by atoms with Gasteiger partial charge in [-0.2, -0.15) is 0 Å². The van der Waals surface area contributed by atoms with Gasteiger partial charge in [-0.1, -0.05) is 0 Å². The lowest BCUT2D eigenvalue weighted by Gasteiger charge is -2.17. The molecule has 0 aromatic carbocycles. The molecule has 2 unspecified atom stereocenters. The molecule has 0 spiro atoms. The summed E-state index contributed by atoms with van der Waals surface area (Å²) < 4.78 is 12.4. The van der Waals surface area contributed by atoms with E-state index in [9.17, 15) is 0 Å². The number of hydrogen-bond acceptors (Lipinski definition) is 4. The first-order valence-electron chi connectivity index (χ1n) is 5.48. The van der Waals surface area contributed by atoms with Gasteiger partial charge in [0.25, 0.3) is 0 Å². The van der Waals surface area contributed by atoms with E-state index in [0.29, 0.717) is 13.2 Å². The van der Waals surface area contributed by atoms with Gasteiger partial charge >= 0.3 is 0 Å². The maximum atomic E-state index is 5.81. The third kappa shape index (κ3) is 3.28. The van der Waals surface area contributed by atoms with Crippen LogP contribution < -0.4 is 5.73 Å². The van der Waals surface area contributed by atoms with Crippen molar-refractivity contribution >= 4 is 27.3 Å². The zero-order valence-electron chi connectivity index (χ0n) is 9.02. The molecule has 2 N–H and O–H groups in total. The van der Waals surface area contributed by atoms with E-state index in [0.717, 1.165) is 23.2 Å². The fourth-order valence-corrected chi connectivity index (χ4v) is 3.25. The molecule has 90 valence electrons. The number of nitrogens with two attached hydrogens (primary N) is 1. The van der Waals surface area contributed by atoms with Crippen LogP contribution in [0.15, 0.2) is 15.9 Å². The summed E-state index contributed by atoms with van der Waals surface area (Å²) in [6.07, 6.45) is 2.51. The molecular weight excluding hydrogens is 290 g/mol. The first kappa shape index (κ1) is 12.5. The first-order valence-corrected chi connectivity index (χ1v) is 7.09. The number of rotatable bonds is 5. The van der Waals surface area contributed by atoms with Gasteiger partial charge in [0.2, 0.25) is 0 Å². The molecule has 0 saturated carbocycles. The maximum absolute atomic E-state index is 5.81. The van der Waals surface area contributed by atoms with Crippen molar-refractivity contribution in [1.29, 1.82) is 0 Å². The van der Waals surface area contributed by atoms with Crippen LogP contribution in [0.1, 0.15) is 23.8 Å². The lowest BCUT2D eigenvalue weighted by Crippen LogP contribution is -2.21. The number of ether oxygens (including phenoxy) is 2. The molecule has 1 aromatic rings. The minimum Gasteiger partial charge on any atom is -0.376 e. The molecule has 1 aromatic heterocycles. The van der Waals surface area contributed by atoms with Crippen molar-refractivity contribution in [3.05, 3.63) is 20.8 Å². The second-order valence-electron chi connectivity index (χ2n) is 3.83. The Morgan fingerprint density at radius 2 is 2.50 bits per heavy atom. The maximum Gasteiger partial charge on any atom is 0.104 e. The molecule has 2 atom stereocenters. The van der Waals surface area contributed by atoms with Crippen LogP contribution in [0.5, 0.6) is 0 Å². The number of halogens is 1. The van der Waals surface area contributed by atoms with E-state index < -0.39 is 0 Å². The van der Waals surface area contributed by atoms with Gasteiger partial charge in [0.05, 0.1) is 16.5 Å². The van der Waals surface area contributed by atoms with Crippen LogP contribution in [0, 0.1) is 0 Å². The molecule has 0 aliphatic carbocycles. The largest absolute Gasteiger partial charge is 0.376 e. The van der Waals surface area contributed by atoms with Crippen LogP contribution in [0.2, 0.25) is 0 Å². The fraction of sp³-hybridized carbons (Fsp3) is 0.636. The molecular formula is C11H16BrNO2S. The predicted octanol–water partition coefficient (Wildman–Crippen LogP) is 2.71. The van der Waals surface area contributed by atoms with Gasteiger partial charge in [-0.15, -0.1) is 11.3 Å². The van der Waals surface area contributed by atoms with Crippen LogP contribution in [0.4, 0.5) is 0 Å². The van der Waals surface area contributed by atoms with E-state index in [1.807, 2.05) is 6.07 Å². The highest BCUT2D eigenvalue weighted by Gasteiger charge is 2.19. The van der Waals surface area contributed by atoms with Gasteiger partial charge in [-0.05, 0) is 40.9 Å². The molecule has 0 bridgehead atoms. The summed E-state index contributed by atoms with van der Waals surface area (Å²) in [5.41, 5.74) is 5.72. The van der Waals surface area contributed by atoms with E-state index >= 15 is 0 Å². The molecule has 1 saturated heterocycles. The highest BCUT2D eigenvalue weighted by atomic mass is 79.9. The molecule has 0 amide bonds. The molecule has 1 aliphatic heterocycles. The van der Waals surface area contributed by atoms with E-state index in [1.165, 1.54) is 4.88 Å². The van der Waals surface area contributed by atoms with E-state index in [2.05, 4.69) is 22.0 Å². The minimum absolute atomic E-state index is 0.000463. The number of thiophene rings is 1. The third-order valence-electron chi connectivity index (χ3n) is 2.63. The summed E-state index contributed by atoms with van der Waals surface area (Å²) >= 11 is 5.12. The molecule has 1 aliphatic rings. The summed E-state index contributed by atoms with van der Waals surface area (Å²) in [6, 6.07) is 4.08. The van der Waals surface area contributed by atoms with Gasteiger partial charge in [0, 0.05) is 18.0 Å². The summed E-state index contributed by atoms with van der Waals surface area (Å²) in [5.74, 6) is 0. The van der Waals surface area contributed by atoms with Crippen molar-refractivity contribution in [3.8, 4) is 0 Å². The highest BCUT2D eigenvalue weighted by Crippen LogP contribution is 2.29. The van der Waals surface area contributed by atoms with Crippen molar-refractivity contribution in [1.82, 2.24) is 0 Å². The average molecular weight is 306 g/mol. The monoisotopic (exact) mass is 305 g/mol. The van der Waals surface area contributed by atoms with Crippen LogP contribution in [0.25, 0.3) is 0 Å². The summed E-state index contributed by atoms with van der Waals surface area (Å²) in [5, 5.41) is 0. The van der Waals surface area contributed by atoms with Gasteiger partial charge in [0.15, 0.2) is 0 Å². The summed E-state index contributed by atoms with van der Waals surface area (Å²) in [6.45, 7) is 2.03. The van der Waals surface area contributed by atoms with Crippen molar-refractivity contribution in [3.63, 3.8) is 0 Å². The van der Waals surface area contributed by atoms with Crippen molar-refractivity contribution in [2.24, 2.45) is 5.73 Å². The average Bonchev–Trinajstić information content (AvgIpc) is 2.91. The smallest absolute Gasteiger partial charge is 0.104 e. The summed E-state index contributed by atoms with van der Waals surface area (Å²) in [7, 11) is 0. The quantitative estimate of drug-likeness (QED) is 0.909. The molecule has 2 heterocycles. The lowest BCUT2D eigenvalue weighted by molar-refractivity contribution is -0.0169. The SMILES string of the molecule is NCC(OCC1CCCO1)c1ccc(Br)s1. The lowest BCUT2D eigenvalue weighted by atomic mass is 10.2. The van der Waals surface area contributed by atoms with E-state index in [-0.39, 0.29) is 12.2 Å². The normalized spacial score (nSPS) is 22.5. The van der Waals surface area contributed by atoms with E-state index in [4.69, 9.17) is 15.2 Å². The minimum atomic E-state index is 0.000463. The Kier molecular flexibility index (Phi) is 4.79. The van der Waals surface area contributed by atoms with Crippen molar-refractivity contribution < 1.29 is 9.47 Å². The van der Waals surface area contributed by atoms with Crippen molar-refractivity contribution in [2.45, 2.75) is 25.0 Å². The number of hydrogen-bond donors (Lipinski definition) is 1. The third-order valence-corrected chi connectivity index (χ3v) is 4.35. The Balaban J connectivity index is 1.85. The second kappa shape index (κ2) is 6.12. The predicted molar refractivity (Wildman–Crippen MR) is 68.7 cm³/mol. The Labute approximate surface area is 108 Å². The Hall–Kier alpha value is 0.0600. The molecule has 1 fully saturated rings. The fourth-order valence-electron chi connectivity index (χ4n) is 1.77. The first-order chi connectivity index (χ1) is 7.79. The standard InChI is InChI=1S/C11H16BrNO2S/c12-11-4-3-10(16-11)9(6-13)15-7-8-2-1-5-14-8/h3-4,8-9H,1-2,5-7,13H2. The van der Waals surface area contributed by atoms with E-state index in [1.54, 1.807) is 11.3 Å².